The second-order valence-electron chi connectivity index (χ2n) is 10.1. The average Bonchev–Trinajstić information content (AvgIpc) is 3.73. The van der Waals surface area contributed by atoms with Gasteiger partial charge >= 0.3 is 5.97 Å². The second-order valence-corrected chi connectivity index (χ2v) is 10.1. The van der Waals surface area contributed by atoms with Gasteiger partial charge in [0.25, 0.3) is 0 Å². The maximum Gasteiger partial charge on any atom is 0.303 e. The Labute approximate surface area is 230 Å². The molecule has 4 rings (SSSR count). The Morgan fingerprint density at radius 3 is 2.46 bits per heavy atom. The summed E-state index contributed by atoms with van der Waals surface area (Å²) in [4.78, 5) is 10.8. The summed E-state index contributed by atoms with van der Waals surface area (Å²) in [6.45, 7) is 9.08. The number of anilines is 1. The quantitative estimate of drug-likeness (QED) is 0.205. The van der Waals surface area contributed by atoms with Crippen molar-refractivity contribution >= 4 is 11.7 Å². The van der Waals surface area contributed by atoms with Crippen LogP contribution in [0.25, 0.3) is 11.1 Å². The van der Waals surface area contributed by atoms with Crippen LogP contribution in [-0.4, -0.2) is 37.5 Å². The van der Waals surface area contributed by atoms with Crippen molar-refractivity contribution in [2.45, 2.75) is 53.0 Å². The summed E-state index contributed by atoms with van der Waals surface area (Å²) in [6, 6.07) is 15.2. The van der Waals surface area contributed by atoms with E-state index in [-0.39, 0.29) is 12.8 Å². The summed E-state index contributed by atoms with van der Waals surface area (Å²) in [5.74, 6) is 0.971. The van der Waals surface area contributed by atoms with Gasteiger partial charge < -0.3 is 24.6 Å². The van der Waals surface area contributed by atoms with Gasteiger partial charge in [-0.15, -0.1) is 0 Å². The van der Waals surface area contributed by atoms with Crippen LogP contribution in [0.5, 0.6) is 11.5 Å². The SMILES string of the molecule is CCOCCOc1cc(C)c(-c2cc(CNc3ccc(CCC(=O)O)c(F)c3)ccc2OCC2CC2)c(C)c1. The lowest BCUT2D eigenvalue weighted by Gasteiger charge is -2.19. The highest BCUT2D eigenvalue weighted by Crippen LogP contribution is 2.39. The Morgan fingerprint density at radius 2 is 1.79 bits per heavy atom. The molecule has 0 aromatic heterocycles. The van der Waals surface area contributed by atoms with Gasteiger partial charge in [-0.05, 0) is 110 Å². The fraction of sp³-hybridized carbons (Fsp3) is 0.406. The molecule has 0 heterocycles. The molecular formula is C32H38FNO5. The van der Waals surface area contributed by atoms with E-state index in [0.29, 0.717) is 43.5 Å². The largest absolute Gasteiger partial charge is 0.493 e. The zero-order valence-corrected chi connectivity index (χ0v) is 23.0. The van der Waals surface area contributed by atoms with Gasteiger partial charge in [-0.25, -0.2) is 4.39 Å². The van der Waals surface area contributed by atoms with Crippen LogP contribution in [0.15, 0.2) is 48.5 Å². The number of aliphatic carboxylic acids is 1. The highest BCUT2D eigenvalue weighted by atomic mass is 19.1. The summed E-state index contributed by atoms with van der Waals surface area (Å²) in [7, 11) is 0. The summed E-state index contributed by atoms with van der Waals surface area (Å²) >= 11 is 0. The Hall–Kier alpha value is -3.58. The van der Waals surface area contributed by atoms with Crippen LogP contribution in [0.4, 0.5) is 10.1 Å². The average molecular weight is 536 g/mol. The number of carbonyl (C=O) groups is 1. The van der Waals surface area contributed by atoms with Gasteiger partial charge in [-0.2, -0.15) is 0 Å². The number of hydrogen-bond acceptors (Lipinski definition) is 5. The van der Waals surface area contributed by atoms with E-state index >= 15 is 0 Å². The van der Waals surface area contributed by atoms with Crippen molar-refractivity contribution in [3.05, 3.63) is 76.6 Å². The van der Waals surface area contributed by atoms with E-state index in [1.54, 1.807) is 12.1 Å². The minimum Gasteiger partial charge on any atom is -0.493 e. The number of ether oxygens (including phenoxy) is 3. The van der Waals surface area contributed by atoms with Gasteiger partial charge in [0.05, 0.1) is 13.2 Å². The third kappa shape index (κ3) is 8.20. The zero-order chi connectivity index (χ0) is 27.8. The van der Waals surface area contributed by atoms with Crippen LogP contribution in [0.3, 0.4) is 0 Å². The molecule has 1 fully saturated rings. The van der Waals surface area contributed by atoms with Gasteiger partial charge in [0, 0.05) is 30.8 Å². The molecule has 0 unspecified atom stereocenters. The van der Waals surface area contributed by atoms with Crippen molar-refractivity contribution in [1.82, 2.24) is 0 Å². The first-order valence-corrected chi connectivity index (χ1v) is 13.7. The van der Waals surface area contributed by atoms with Crippen molar-refractivity contribution in [3.8, 4) is 22.6 Å². The molecule has 0 amide bonds. The zero-order valence-electron chi connectivity index (χ0n) is 23.0. The van der Waals surface area contributed by atoms with Gasteiger partial charge in [0.2, 0.25) is 0 Å². The molecule has 2 N–H and O–H groups in total. The number of nitrogens with one attached hydrogen (secondary N) is 1. The first kappa shape index (κ1) is 28.4. The molecule has 39 heavy (non-hydrogen) atoms. The summed E-state index contributed by atoms with van der Waals surface area (Å²) in [5.41, 5.74) is 6.43. The Bertz CT molecular complexity index is 1260. The number of carboxylic acids is 1. The lowest BCUT2D eigenvalue weighted by Crippen LogP contribution is -2.07. The monoisotopic (exact) mass is 535 g/mol. The second kappa shape index (κ2) is 13.5. The van der Waals surface area contributed by atoms with E-state index in [4.69, 9.17) is 19.3 Å². The Morgan fingerprint density at radius 1 is 1.03 bits per heavy atom. The van der Waals surface area contributed by atoms with E-state index in [2.05, 4.69) is 37.4 Å². The number of aryl methyl sites for hydroxylation is 3. The lowest BCUT2D eigenvalue weighted by molar-refractivity contribution is -0.136. The minimum atomic E-state index is -0.939. The molecule has 1 aliphatic rings. The first-order valence-electron chi connectivity index (χ1n) is 13.7. The highest BCUT2D eigenvalue weighted by Gasteiger charge is 2.23. The molecule has 1 aliphatic carbocycles. The lowest BCUT2D eigenvalue weighted by atomic mass is 9.93. The van der Waals surface area contributed by atoms with Gasteiger partial charge in [-0.1, -0.05) is 12.1 Å². The first-order chi connectivity index (χ1) is 18.8. The number of benzene rings is 3. The van der Waals surface area contributed by atoms with Gasteiger partial charge in [-0.3, -0.25) is 4.79 Å². The molecule has 7 heteroatoms. The molecule has 0 bridgehead atoms. The maximum absolute atomic E-state index is 14.5. The van der Waals surface area contributed by atoms with Gasteiger partial charge in [0.15, 0.2) is 0 Å². The van der Waals surface area contributed by atoms with E-state index in [9.17, 15) is 9.18 Å². The van der Waals surface area contributed by atoms with Crippen LogP contribution < -0.4 is 14.8 Å². The van der Waals surface area contributed by atoms with Crippen molar-refractivity contribution in [2.24, 2.45) is 5.92 Å². The smallest absolute Gasteiger partial charge is 0.303 e. The van der Waals surface area contributed by atoms with Crippen LogP contribution in [0.2, 0.25) is 0 Å². The maximum atomic E-state index is 14.5. The Kier molecular flexibility index (Phi) is 9.82. The molecule has 0 radical (unpaired) electrons. The Balaban J connectivity index is 1.53. The number of rotatable bonds is 15. The molecule has 3 aromatic rings. The van der Waals surface area contributed by atoms with Crippen molar-refractivity contribution in [3.63, 3.8) is 0 Å². The van der Waals surface area contributed by atoms with Crippen molar-refractivity contribution < 1.29 is 28.5 Å². The molecule has 3 aromatic carbocycles. The number of halogens is 1. The molecule has 6 nitrogen and oxygen atoms in total. The van der Waals surface area contributed by atoms with Crippen molar-refractivity contribution in [2.75, 3.05) is 31.7 Å². The topological polar surface area (TPSA) is 77.0 Å². The minimum absolute atomic E-state index is 0.0964. The predicted molar refractivity (Wildman–Crippen MR) is 151 cm³/mol. The van der Waals surface area contributed by atoms with E-state index in [1.165, 1.54) is 18.9 Å². The predicted octanol–water partition coefficient (Wildman–Crippen LogP) is 6.94. The molecule has 0 spiro atoms. The van der Waals surface area contributed by atoms with Crippen LogP contribution in [0.1, 0.15) is 48.4 Å². The van der Waals surface area contributed by atoms with E-state index in [1.807, 2.05) is 19.1 Å². The molecule has 0 saturated heterocycles. The van der Waals surface area contributed by atoms with Gasteiger partial charge in [0.1, 0.15) is 23.9 Å². The summed E-state index contributed by atoms with van der Waals surface area (Å²) < 4.78 is 32.1. The highest BCUT2D eigenvalue weighted by molar-refractivity contribution is 5.77. The number of hydrogen-bond donors (Lipinski definition) is 2. The summed E-state index contributed by atoms with van der Waals surface area (Å²) in [5, 5.41) is 12.2. The van der Waals surface area contributed by atoms with Crippen LogP contribution in [0, 0.1) is 25.6 Å². The molecule has 0 atom stereocenters. The third-order valence-corrected chi connectivity index (χ3v) is 6.85. The summed E-state index contributed by atoms with van der Waals surface area (Å²) in [6.07, 6.45) is 2.51. The third-order valence-electron chi connectivity index (χ3n) is 6.85. The molecule has 1 saturated carbocycles. The standard InChI is InChI=1S/C32H38FNO5/c1-4-37-13-14-38-27-15-21(2)32(22(3)16-27)28-17-24(7-11-30(28)39-20-23-5-6-23)19-34-26-10-8-25(29(33)18-26)9-12-31(35)36/h7-8,10-11,15-18,23,34H,4-6,9,12-14,19-20H2,1-3H3,(H,35,36). The van der Waals surface area contributed by atoms with Crippen molar-refractivity contribution in [1.29, 1.82) is 0 Å². The molecule has 0 aliphatic heterocycles. The van der Waals surface area contributed by atoms with E-state index < -0.39 is 11.8 Å². The fourth-order valence-corrected chi connectivity index (χ4v) is 4.60. The molecular weight excluding hydrogens is 497 g/mol. The van der Waals surface area contributed by atoms with E-state index in [0.717, 1.165) is 45.9 Å². The van der Waals surface area contributed by atoms with Crippen LogP contribution >= 0.6 is 0 Å². The number of carboxylic acid groups (broad SMARTS) is 1. The van der Waals surface area contributed by atoms with Crippen LogP contribution in [-0.2, 0) is 22.5 Å². The fourth-order valence-electron chi connectivity index (χ4n) is 4.60. The molecule has 208 valence electrons. The normalized spacial score (nSPS) is 12.8.